The van der Waals surface area contributed by atoms with Crippen LogP contribution >= 0.6 is 11.8 Å². The first-order valence-electron chi connectivity index (χ1n) is 8.81. The number of likely N-dealkylation sites (tertiary alicyclic amines) is 1. The average Bonchev–Trinajstić information content (AvgIpc) is 2.69. The van der Waals surface area contributed by atoms with Gasteiger partial charge in [-0.25, -0.2) is 0 Å². The van der Waals surface area contributed by atoms with Crippen molar-refractivity contribution in [3.05, 3.63) is 65.7 Å². The number of piperidine rings is 1. The van der Waals surface area contributed by atoms with Crippen LogP contribution in [0, 0.1) is 5.92 Å². The third-order valence-corrected chi connectivity index (χ3v) is 5.41. The summed E-state index contributed by atoms with van der Waals surface area (Å²) in [5.74, 6) is 0.699. The molecule has 0 radical (unpaired) electrons. The van der Waals surface area contributed by atoms with E-state index >= 15 is 0 Å². The van der Waals surface area contributed by atoms with Crippen molar-refractivity contribution in [2.45, 2.75) is 24.3 Å². The van der Waals surface area contributed by atoms with Crippen molar-refractivity contribution in [2.24, 2.45) is 5.92 Å². The van der Waals surface area contributed by atoms with Crippen molar-refractivity contribution in [1.29, 1.82) is 0 Å². The molecule has 0 unspecified atom stereocenters. The Hall–Kier alpha value is -1.78. The predicted octanol–water partition coefficient (Wildman–Crippen LogP) is 4.48. The molecule has 0 aromatic heterocycles. The van der Waals surface area contributed by atoms with E-state index < -0.39 is 0 Å². The van der Waals surface area contributed by atoms with E-state index in [9.17, 15) is 4.79 Å². The highest BCUT2D eigenvalue weighted by atomic mass is 32.2. The molecule has 0 atom stereocenters. The zero-order valence-corrected chi connectivity index (χ0v) is 15.5. The fourth-order valence-electron chi connectivity index (χ4n) is 3.16. The number of rotatable bonds is 6. The van der Waals surface area contributed by atoms with E-state index in [0.29, 0.717) is 12.5 Å². The SMILES string of the molecule is CSc1cccc(C(=O)N2CCC(COCc3ccccc3)CC2)c1. The number of thioether (sulfide) groups is 1. The van der Waals surface area contributed by atoms with Gasteiger partial charge in [-0.2, -0.15) is 0 Å². The zero-order chi connectivity index (χ0) is 17.5. The summed E-state index contributed by atoms with van der Waals surface area (Å²) in [7, 11) is 0. The van der Waals surface area contributed by atoms with Crippen LogP contribution in [0.3, 0.4) is 0 Å². The minimum absolute atomic E-state index is 0.152. The molecule has 1 aliphatic rings. The Kier molecular flexibility index (Phi) is 6.54. The molecule has 132 valence electrons. The Balaban J connectivity index is 1.44. The maximum absolute atomic E-state index is 12.7. The molecule has 1 saturated heterocycles. The molecule has 0 saturated carbocycles. The summed E-state index contributed by atoms with van der Waals surface area (Å²) in [5, 5.41) is 0. The predicted molar refractivity (Wildman–Crippen MR) is 103 cm³/mol. The Morgan fingerprint density at radius 2 is 1.88 bits per heavy atom. The molecule has 2 aromatic carbocycles. The average molecular weight is 356 g/mol. The molecule has 0 spiro atoms. The normalized spacial score (nSPS) is 15.3. The third-order valence-electron chi connectivity index (χ3n) is 4.68. The molecule has 1 aliphatic heterocycles. The van der Waals surface area contributed by atoms with E-state index in [0.717, 1.165) is 43.0 Å². The van der Waals surface area contributed by atoms with Gasteiger partial charge in [0.25, 0.3) is 5.91 Å². The van der Waals surface area contributed by atoms with Crippen molar-refractivity contribution in [3.8, 4) is 0 Å². The highest BCUT2D eigenvalue weighted by molar-refractivity contribution is 7.98. The fraction of sp³-hybridized carbons (Fsp3) is 0.381. The maximum atomic E-state index is 12.7. The second kappa shape index (κ2) is 9.07. The molecular formula is C21H25NO2S. The van der Waals surface area contributed by atoms with Crippen LogP contribution in [0.2, 0.25) is 0 Å². The quantitative estimate of drug-likeness (QED) is 0.716. The standard InChI is InChI=1S/C21H25NO2S/c1-25-20-9-5-8-19(14-20)21(23)22-12-10-18(11-13-22)16-24-15-17-6-3-2-4-7-17/h2-9,14,18H,10-13,15-16H2,1H3. The van der Waals surface area contributed by atoms with E-state index in [2.05, 4.69) is 12.1 Å². The number of benzene rings is 2. The number of hydrogen-bond acceptors (Lipinski definition) is 3. The van der Waals surface area contributed by atoms with Gasteiger partial charge in [0.1, 0.15) is 0 Å². The number of nitrogens with zero attached hydrogens (tertiary/aromatic N) is 1. The van der Waals surface area contributed by atoms with Gasteiger partial charge in [0.15, 0.2) is 0 Å². The van der Waals surface area contributed by atoms with E-state index in [1.165, 1.54) is 5.56 Å². The van der Waals surface area contributed by atoms with E-state index in [4.69, 9.17) is 4.74 Å². The molecule has 2 aromatic rings. The molecule has 3 nitrogen and oxygen atoms in total. The molecule has 0 aliphatic carbocycles. The Labute approximate surface area is 154 Å². The summed E-state index contributed by atoms with van der Waals surface area (Å²) in [6.07, 6.45) is 4.07. The first-order chi connectivity index (χ1) is 12.3. The highest BCUT2D eigenvalue weighted by Crippen LogP contribution is 2.22. The molecule has 0 N–H and O–H groups in total. The van der Waals surface area contributed by atoms with Crippen LogP contribution in [-0.2, 0) is 11.3 Å². The van der Waals surface area contributed by atoms with Gasteiger partial charge in [0.05, 0.1) is 6.61 Å². The van der Waals surface area contributed by atoms with Gasteiger partial charge in [-0.3, -0.25) is 4.79 Å². The topological polar surface area (TPSA) is 29.5 Å². The molecular weight excluding hydrogens is 330 g/mol. The summed E-state index contributed by atoms with van der Waals surface area (Å²) in [6.45, 7) is 3.09. The molecule has 3 rings (SSSR count). The number of ether oxygens (including phenoxy) is 1. The summed E-state index contributed by atoms with van der Waals surface area (Å²) in [5.41, 5.74) is 2.01. The first-order valence-corrected chi connectivity index (χ1v) is 10.0. The molecule has 25 heavy (non-hydrogen) atoms. The number of carbonyl (C=O) groups is 1. The largest absolute Gasteiger partial charge is 0.376 e. The molecule has 0 bridgehead atoms. The van der Waals surface area contributed by atoms with Crippen LogP contribution in [0.4, 0.5) is 0 Å². The van der Waals surface area contributed by atoms with Gasteiger partial charge < -0.3 is 9.64 Å². The minimum Gasteiger partial charge on any atom is -0.376 e. The maximum Gasteiger partial charge on any atom is 0.253 e. The highest BCUT2D eigenvalue weighted by Gasteiger charge is 2.23. The van der Waals surface area contributed by atoms with Crippen molar-refractivity contribution in [3.63, 3.8) is 0 Å². The Bertz CT molecular complexity index is 681. The van der Waals surface area contributed by atoms with Crippen LogP contribution in [0.1, 0.15) is 28.8 Å². The van der Waals surface area contributed by atoms with Crippen LogP contribution in [0.15, 0.2) is 59.5 Å². The number of carbonyl (C=O) groups excluding carboxylic acids is 1. The third kappa shape index (κ3) is 5.10. The number of hydrogen-bond donors (Lipinski definition) is 0. The number of amides is 1. The van der Waals surface area contributed by atoms with Crippen LogP contribution in [0.25, 0.3) is 0 Å². The molecule has 1 amide bonds. The van der Waals surface area contributed by atoms with Gasteiger partial charge in [-0.15, -0.1) is 11.8 Å². The lowest BCUT2D eigenvalue weighted by molar-refractivity contribution is 0.0478. The molecule has 1 heterocycles. The van der Waals surface area contributed by atoms with Crippen molar-refractivity contribution in [1.82, 2.24) is 4.90 Å². The van der Waals surface area contributed by atoms with Crippen molar-refractivity contribution >= 4 is 17.7 Å². The van der Waals surface area contributed by atoms with Gasteiger partial charge in [0, 0.05) is 30.2 Å². The van der Waals surface area contributed by atoms with Gasteiger partial charge in [0.2, 0.25) is 0 Å². The van der Waals surface area contributed by atoms with E-state index in [-0.39, 0.29) is 5.91 Å². The Morgan fingerprint density at radius 3 is 2.60 bits per heavy atom. The monoisotopic (exact) mass is 355 g/mol. The smallest absolute Gasteiger partial charge is 0.253 e. The second-order valence-electron chi connectivity index (χ2n) is 6.47. The van der Waals surface area contributed by atoms with Crippen LogP contribution in [0.5, 0.6) is 0 Å². The summed E-state index contributed by atoms with van der Waals surface area (Å²) < 4.78 is 5.86. The van der Waals surface area contributed by atoms with Crippen LogP contribution in [-0.4, -0.2) is 36.8 Å². The summed E-state index contributed by atoms with van der Waals surface area (Å²) in [4.78, 5) is 15.8. The van der Waals surface area contributed by atoms with Crippen molar-refractivity contribution < 1.29 is 9.53 Å². The van der Waals surface area contributed by atoms with Crippen LogP contribution < -0.4 is 0 Å². The van der Waals surface area contributed by atoms with Gasteiger partial charge >= 0.3 is 0 Å². The lowest BCUT2D eigenvalue weighted by Crippen LogP contribution is -2.39. The van der Waals surface area contributed by atoms with E-state index in [1.54, 1.807) is 11.8 Å². The van der Waals surface area contributed by atoms with E-state index in [1.807, 2.05) is 53.6 Å². The Morgan fingerprint density at radius 1 is 1.12 bits per heavy atom. The first kappa shape index (κ1) is 18.0. The lowest BCUT2D eigenvalue weighted by atomic mass is 9.97. The van der Waals surface area contributed by atoms with Gasteiger partial charge in [-0.05, 0) is 48.8 Å². The molecule has 1 fully saturated rings. The second-order valence-corrected chi connectivity index (χ2v) is 7.35. The summed E-state index contributed by atoms with van der Waals surface area (Å²) in [6, 6.07) is 18.2. The molecule has 4 heteroatoms. The van der Waals surface area contributed by atoms with Crippen molar-refractivity contribution in [2.75, 3.05) is 26.0 Å². The minimum atomic E-state index is 0.152. The van der Waals surface area contributed by atoms with Gasteiger partial charge in [-0.1, -0.05) is 36.4 Å². The fourth-order valence-corrected chi connectivity index (χ4v) is 3.62. The summed E-state index contributed by atoms with van der Waals surface area (Å²) >= 11 is 1.67. The lowest BCUT2D eigenvalue weighted by Gasteiger charge is -2.32. The zero-order valence-electron chi connectivity index (χ0n) is 14.7.